The number of urea groups is 1. The van der Waals surface area contributed by atoms with Gasteiger partial charge in [-0.3, -0.25) is 0 Å². The van der Waals surface area contributed by atoms with E-state index in [1.54, 1.807) is 47.2 Å². The Kier molecular flexibility index (Phi) is 3.64. The van der Waals surface area contributed by atoms with Crippen molar-refractivity contribution in [3.05, 3.63) is 54.2 Å². The zero-order valence-corrected chi connectivity index (χ0v) is 11.4. The summed E-state index contributed by atoms with van der Waals surface area (Å²) < 4.78 is 18.9. The Bertz CT molecular complexity index is 603. The average molecular weight is 292 g/mol. The third kappa shape index (κ3) is 2.51. The SMILES string of the molecule is O=C(Nc1ccccc1F)N1CCS[C@H]1c1ccco1. The van der Waals surface area contributed by atoms with Crippen molar-refractivity contribution in [3.63, 3.8) is 0 Å². The van der Waals surface area contributed by atoms with E-state index in [1.165, 1.54) is 6.07 Å². The Morgan fingerprint density at radius 3 is 2.95 bits per heavy atom. The van der Waals surface area contributed by atoms with Crippen LogP contribution in [0.3, 0.4) is 0 Å². The van der Waals surface area contributed by atoms with E-state index < -0.39 is 5.82 Å². The van der Waals surface area contributed by atoms with E-state index in [1.807, 2.05) is 6.07 Å². The molecule has 2 amide bonds. The van der Waals surface area contributed by atoms with Crippen LogP contribution in [0.25, 0.3) is 0 Å². The Morgan fingerprint density at radius 2 is 2.20 bits per heavy atom. The molecular weight excluding hydrogens is 279 g/mol. The fourth-order valence-electron chi connectivity index (χ4n) is 2.10. The maximum Gasteiger partial charge on any atom is 0.323 e. The van der Waals surface area contributed by atoms with Gasteiger partial charge in [0.05, 0.1) is 12.0 Å². The van der Waals surface area contributed by atoms with Crippen molar-refractivity contribution in [3.8, 4) is 0 Å². The highest BCUT2D eigenvalue weighted by molar-refractivity contribution is 7.99. The fraction of sp³-hybridized carbons (Fsp3) is 0.214. The van der Waals surface area contributed by atoms with Gasteiger partial charge in [0, 0.05) is 12.3 Å². The topological polar surface area (TPSA) is 45.5 Å². The number of carbonyl (C=O) groups is 1. The zero-order valence-electron chi connectivity index (χ0n) is 10.6. The van der Waals surface area contributed by atoms with E-state index in [0.717, 1.165) is 11.5 Å². The molecule has 1 fully saturated rings. The van der Waals surface area contributed by atoms with Crippen LogP contribution in [0.4, 0.5) is 14.9 Å². The van der Waals surface area contributed by atoms with Crippen LogP contribution >= 0.6 is 11.8 Å². The van der Waals surface area contributed by atoms with Crippen molar-refractivity contribution in [1.29, 1.82) is 0 Å². The molecule has 0 bridgehead atoms. The van der Waals surface area contributed by atoms with E-state index in [0.29, 0.717) is 6.54 Å². The van der Waals surface area contributed by atoms with E-state index >= 15 is 0 Å². The molecule has 2 heterocycles. The zero-order chi connectivity index (χ0) is 13.9. The molecule has 1 aromatic heterocycles. The molecule has 0 aliphatic carbocycles. The number of carbonyl (C=O) groups excluding carboxylic acids is 1. The summed E-state index contributed by atoms with van der Waals surface area (Å²) in [5.41, 5.74) is 0.188. The molecule has 104 valence electrons. The van der Waals surface area contributed by atoms with Crippen LogP contribution in [-0.4, -0.2) is 23.2 Å². The van der Waals surface area contributed by atoms with Gasteiger partial charge in [-0.25, -0.2) is 9.18 Å². The first-order valence-corrected chi connectivity index (χ1v) is 7.28. The summed E-state index contributed by atoms with van der Waals surface area (Å²) in [6.07, 6.45) is 1.58. The molecule has 0 saturated carbocycles. The van der Waals surface area contributed by atoms with Gasteiger partial charge in [-0.15, -0.1) is 11.8 Å². The first kappa shape index (κ1) is 13.1. The molecule has 0 radical (unpaired) electrons. The monoisotopic (exact) mass is 292 g/mol. The number of rotatable bonds is 2. The second-order valence-corrected chi connectivity index (χ2v) is 5.53. The predicted molar refractivity (Wildman–Crippen MR) is 76.0 cm³/mol. The first-order valence-electron chi connectivity index (χ1n) is 6.23. The molecule has 6 heteroatoms. The van der Waals surface area contributed by atoms with Gasteiger partial charge < -0.3 is 14.6 Å². The largest absolute Gasteiger partial charge is 0.466 e. The molecule has 1 saturated heterocycles. The van der Waals surface area contributed by atoms with E-state index in [4.69, 9.17) is 4.42 Å². The molecular formula is C14H13FN2O2S. The third-order valence-electron chi connectivity index (χ3n) is 3.05. The maximum absolute atomic E-state index is 13.6. The standard InChI is InChI=1S/C14H13FN2O2S/c15-10-4-1-2-5-11(10)16-14(18)17-7-9-20-13(17)12-6-3-8-19-12/h1-6,8,13H,7,9H2,(H,16,18)/t13-/m0/s1. The molecule has 0 spiro atoms. The highest BCUT2D eigenvalue weighted by Crippen LogP contribution is 2.38. The summed E-state index contributed by atoms with van der Waals surface area (Å²) >= 11 is 1.63. The minimum atomic E-state index is -0.442. The summed E-state index contributed by atoms with van der Waals surface area (Å²) in [5, 5.41) is 2.45. The second kappa shape index (κ2) is 5.58. The van der Waals surface area contributed by atoms with Gasteiger partial charge in [-0.2, -0.15) is 0 Å². The van der Waals surface area contributed by atoms with E-state index in [-0.39, 0.29) is 17.1 Å². The fourth-order valence-corrected chi connectivity index (χ4v) is 3.30. The normalized spacial score (nSPS) is 18.2. The Balaban J connectivity index is 1.75. The summed E-state index contributed by atoms with van der Waals surface area (Å²) in [5.74, 6) is 1.12. The summed E-state index contributed by atoms with van der Waals surface area (Å²) in [6.45, 7) is 0.607. The van der Waals surface area contributed by atoms with Crippen molar-refractivity contribution in [2.45, 2.75) is 5.37 Å². The van der Waals surface area contributed by atoms with Gasteiger partial charge in [0.15, 0.2) is 0 Å². The smallest absolute Gasteiger partial charge is 0.323 e. The van der Waals surface area contributed by atoms with Gasteiger partial charge in [-0.1, -0.05) is 12.1 Å². The molecule has 1 aromatic carbocycles. The number of hydrogen-bond donors (Lipinski definition) is 1. The number of nitrogens with one attached hydrogen (secondary N) is 1. The lowest BCUT2D eigenvalue weighted by molar-refractivity contribution is 0.209. The number of anilines is 1. The summed E-state index contributed by atoms with van der Waals surface area (Å²) in [6, 6.07) is 9.44. The highest BCUT2D eigenvalue weighted by atomic mass is 32.2. The second-order valence-electron chi connectivity index (χ2n) is 4.34. The number of furan rings is 1. The van der Waals surface area contributed by atoms with Crippen LogP contribution in [-0.2, 0) is 0 Å². The Labute approximate surface area is 119 Å². The highest BCUT2D eigenvalue weighted by Gasteiger charge is 2.32. The molecule has 4 nitrogen and oxygen atoms in total. The lowest BCUT2D eigenvalue weighted by atomic mass is 10.3. The van der Waals surface area contributed by atoms with Crippen molar-refractivity contribution in [2.75, 3.05) is 17.6 Å². The van der Waals surface area contributed by atoms with Crippen molar-refractivity contribution < 1.29 is 13.6 Å². The van der Waals surface area contributed by atoms with Gasteiger partial charge in [0.1, 0.15) is 17.0 Å². The maximum atomic E-state index is 13.6. The third-order valence-corrected chi connectivity index (χ3v) is 4.27. The molecule has 1 aliphatic rings. The number of amides is 2. The lowest BCUT2D eigenvalue weighted by Crippen LogP contribution is -2.34. The molecule has 1 N–H and O–H groups in total. The molecule has 3 rings (SSSR count). The summed E-state index contributed by atoms with van der Waals surface area (Å²) in [7, 11) is 0. The number of benzene rings is 1. The minimum absolute atomic E-state index is 0.156. The first-order chi connectivity index (χ1) is 9.75. The van der Waals surface area contributed by atoms with Gasteiger partial charge in [-0.05, 0) is 24.3 Å². The van der Waals surface area contributed by atoms with Gasteiger partial charge >= 0.3 is 6.03 Å². The van der Waals surface area contributed by atoms with E-state index in [9.17, 15) is 9.18 Å². The van der Waals surface area contributed by atoms with E-state index in [2.05, 4.69) is 5.32 Å². The molecule has 20 heavy (non-hydrogen) atoms. The molecule has 2 aromatic rings. The Morgan fingerprint density at radius 1 is 1.35 bits per heavy atom. The molecule has 1 atom stereocenters. The van der Waals surface area contributed by atoms with Gasteiger partial charge in [0.25, 0.3) is 0 Å². The van der Waals surface area contributed by atoms with Crippen molar-refractivity contribution in [2.24, 2.45) is 0 Å². The number of thioether (sulfide) groups is 1. The Hall–Kier alpha value is -1.95. The minimum Gasteiger partial charge on any atom is -0.466 e. The number of hydrogen-bond acceptors (Lipinski definition) is 3. The van der Waals surface area contributed by atoms with Crippen LogP contribution in [0.2, 0.25) is 0 Å². The van der Waals surface area contributed by atoms with Crippen LogP contribution < -0.4 is 5.32 Å². The number of halogens is 1. The number of para-hydroxylation sites is 1. The van der Waals surface area contributed by atoms with Gasteiger partial charge in [0.2, 0.25) is 0 Å². The van der Waals surface area contributed by atoms with Crippen molar-refractivity contribution in [1.82, 2.24) is 4.90 Å². The van der Waals surface area contributed by atoms with Crippen LogP contribution in [0.5, 0.6) is 0 Å². The number of nitrogens with zero attached hydrogens (tertiary/aromatic N) is 1. The van der Waals surface area contributed by atoms with Crippen molar-refractivity contribution >= 4 is 23.5 Å². The molecule has 1 aliphatic heterocycles. The van der Waals surface area contributed by atoms with Crippen LogP contribution in [0.1, 0.15) is 11.1 Å². The average Bonchev–Trinajstić information content (AvgIpc) is 3.11. The molecule has 0 unspecified atom stereocenters. The summed E-state index contributed by atoms with van der Waals surface area (Å²) in [4.78, 5) is 13.9. The lowest BCUT2D eigenvalue weighted by Gasteiger charge is -2.22. The predicted octanol–water partition coefficient (Wildman–Crippen LogP) is 3.70. The van der Waals surface area contributed by atoms with Crippen LogP contribution in [0, 0.1) is 5.82 Å². The van der Waals surface area contributed by atoms with Crippen LogP contribution in [0.15, 0.2) is 47.1 Å². The quantitative estimate of drug-likeness (QED) is 0.918.